The van der Waals surface area contributed by atoms with Crippen molar-refractivity contribution >= 4 is 17.6 Å². The zero-order valence-electron chi connectivity index (χ0n) is 14.3. The van der Waals surface area contributed by atoms with Crippen molar-refractivity contribution in [2.75, 3.05) is 0 Å². The molecule has 5 nitrogen and oxygen atoms in total. The van der Waals surface area contributed by atoms with Crippen molar-refractivity contribution in [2.24, 2.45) is 0 Å². The fourth-order valence-electron chi connectivity index (χ4n) is 2.36. The van der Waals surface area contributed by atoms with Gasteiger partial charge < -0.3 is 23.3 Å². The Morgan fingerprint density at radius 1 is 0.609 bits per heavy atom. The summed E-state index contributed by atoms with van der Waals surface area (Å²) in [5, 5.41) is 0. The average Bonchev–Trinajstić information content (AvgIpc) is 2.45. The minimum atomic E-state index is -3.96. The lowest BCUT2D eigenvalue weighted by Crippen LogP contribution is -2.52. The van der Waals surface area contributed by atoms with Crippen molar-refractivity contribution in [3.05, 3.63) is 25.3 Å². The van der Waals surface area contributed by atoms with Gasteiger partial charge in [0.25, 0.3) is 0 Å². The summed E-state index contributed by atoms with van der Waals surface area (Å²) in [6, 6.07) is 0.243. The molecule has 0 heterocycles. The Labute approximate surface area is 143 Å². The molecule has 0 bridgehead atoms. The Hall–Kier alpha value is -0.286. The van der Waals surface area contributed by atoms with Gasteiger partial charge in [0.15, 0.2) is 0 Å². The molecule has 23 heavy (non-hydrogen) atoms. The standard InChI is InChI=1S/C16H34O5Si2/c1-3-5-7-9-11-13-15-22(17,18)21-23(19,20)16-14-12-10-8-6-4-2/h3-4,17-20H,1-2,5-16H2. The minimum Gasteiger partial charge on any atom is -0.390 e. The predicted octanol–water partition coefficient (Wildman–Crippen LogP) is 3.12. The van der Waals surface area contributed by atoms with E-state index in [1.807, 2.05) is 12.2 Å². The number of allylic oxidation sites excluding steroid dienone is 2. The van der Waals surface area contributed by atoms with E-state index in [-0.39, 0.29) is 12.1 Å². The summed E-state index contributed by atoms with van der Waals surface area (Å²) in [4.78, 5) is 39.5. The van der Waals surface area contributed by atoms with Crippen molar-refractivity contribution in [3.8, 4) is 0 Å². The van der Waals surface area contributed by atoms with Crippen LogP contribution >= 0.6 is 0 Å². The zero-order chi connectivity index (χ0) is 17.6. The first-order chi connectivity index (χ1) is 10.8. The largest absolute Gasteiger partial charge is 0.488 e. The molecule has 0 aromatic carbocycles. The highest BCUT2D eigenvalue weighted by molar-refractivity contribution is 6.72. The Kier molecular flexibility index (Phi) is 12.9. The van der Waals surface area contributed by atoms with E-state index in [9.17, 15) is 19.2 Å². The van der Waals surface area contributed by atoms with Crippen molar-refractivity contribution in [3.63, 3.8) is 0 Å². The molecule has 4 N–H and O–H groups in total. The van der Waals surface area contributed by atoms with E-state index < -0.39 is 17.6 Å². The molecule has 0 rings (SSSR count). The Bertz CT molecular complexity index is 292. The van der Waals surface area contributed by atoms with E-state index >= 15 is 0 Å². The first-order valence-electron chi connectivity index (χ1n) is 8.64. The third-order valence-corrected chi connectivity index (χ3v) is 8.27. The van der Waals surface area contributed by atoms with Gasteiger partial charge in [-0.15, -0.1) is 13.2 Å². The maximum atomic E-state index is 9.89. The lowest BCUT2D eigenvalue weighted by Gasteiger charge is -2.25. The maximum absolute atomic E-state index is 9.89. The van der Waals surface area contributed by atoms with E-state index in [4.69, 9.17) is 4.12 Å². The van der Waals surface area contributed by atoms with E-state index in [0.29, 0.717) is 12.8 Å². The number of rotatable bonds is 16. The smallest absolute Gasteiger partial charge is 0.390 e. The molecule has 0 atom stereocenters. The highest BCUT2D eigenvalue weighted by atomic mass is 28.5. The Morgan fingerprint density at radius 3 is 1.30 bits per heavy atom. The highest BCUT2D eigenvalue weighted by Gasteiger charge is 2.44. The molecule has 0 amide bonds. The second kappa shape index (κ2) is 13.1. The van der Waals surface area contributed by atoms with Crippen molar-refractivity contribution in [1.82, 2.24) is 0 Å². The van der Waals surface area contributed by atoms with Crippen molar-refractivity contribution in [1.29, 1.82) is 0 Å². The van der Waals surface area contributed by atoms with E-state index in [1.165, 1.54) is 0 Å². The Balaban J connectivity index is 3.85. The second-order valence-electron chi connectivity index (χ2n) is 6.07. The SMILES string of the molecule is C=CCCCCCC[Si](O)(O)O[Si](O)(O)CCCCCCC=C. The molecule has 7 heteroatoms. The lowest BCUT2D eigenvalue weighted by atomic mass is 10.1. The van der Waals surface area contributed by atoms with Gasteiger partial charge >= 0.3 is 17.6 Å². The molecule has 0 aliphatic heterocycles. The van der Waals surface area contributed by atoms with Gasteiger partial charge in [-0.1, -0.05) is 37.8 Å². The summed E-state index contributed by atoms with van der Waals surface area (Å²) < 4.78 is 4.95. The van der Waals surface area contributed by atoms with Crippen LogP contribution in [0.3, 0.4) is 0 Å². The monoisotopic (exact) mass is 362 g/mol. The average molecular weight is 363 g/mol. The van der Waals surface area contributed by atoms with Crippen LogP contribution in [0.25, 0.3) is 0 Å². The zero-order valence-corrected chi connectivity index (χ0v) is 16.3. The molecule has 0 aliphatic carbocycles. The fourth-order valence-corrected chi connectivity index (χ4v) is 6.69. The first kappa shape index (κ1) is 22.7. The fraction of sp³-hybridized carbons (Fsp3) is 0.750. The molecule has 0 fully saturated rings. The van der Waals surface area contributed by atoms with Crippen LogP contribution in [0, 0.1) is 0 Å². The number of unbranched alkanes of at least 4 members (excludes halogenated alkanes) is 8. The topological polar surface area (TPSA) is 90.2 Å². The summed E-state index contributed by atoms with van der Waals surface area (Å²) in [5.41, 5.74) is 0. The summed E-state index contributed by atoms with van der Waals surface area (Å²) >= 11 is 0. The molecule has 0 saturated heterocycles. The van der Waals surface area contributed by atoms with E-state index in [1.54, 1.807) is 0 Å². The second-order valence-corrected chi connectivity index (χ2v) is 10.9. The molecule has 0 aromatic heterocycles. The molecule has 0 radical (unpaired) electrons. The van der Waals surface area contributed by atoms with E-state index in [2.05, 4.69) is 13.2 Å². The van der Waals surface area contributed by atoms with Gasteiger partial charge in [0.2, 0.25) is 0 Å². The summed E-state index contributed by atoms with van der Waals surface area (Å²) in [5.74, 6) is 0. The van der Waals surface area contributed by atoms with Gasteiger partial charge in [-0.05, 0) is 38.5 Å². The molecule has 0 aromatic rings. The van der Waals surface area contributed by atoms with Crippen LogP contribution in [-0.2, 0) is 4.12 Å². The van der Waals surface area contributed by atoms with Crippen LogP contribution in [0.1, 0.15) is 64.2 Å². The summed E-state index contributed by atoms with van der Waals surface area (Å²) in [6.07, 6.45) is 12.8. The van der Waals surface area contributed by atoms with Crippen LogP contribution in [0.15, 0.2) is 25.3 Å². The van der Waals surface area contributed by atoms with E-state index in [0.717, 1.165) is 51.4 Å². The number of hydrogen-bond donors (Lipinski definition) is 4. The lowest BCUT2D eigenvalue weighted by molar-refractivity contribution is 0.152. The first-order valence-corrected chi connectivity index (χ1v) is 12.7. The van der Waals surface area contributed by atoms with Crippen LogP contribution < -0.4 is 0 Å². The van der Waals surface area contributed by atoms with Gasteiger partial charge in [-0.25, -0.2) is 0 Å². The van der Waals surface area contributed by atoms with Crippen molar-refractivity contribution < 1.29 is 23.3 Å². The summed E-state index contributed by atoms with van der Waals surface area (Å²) in [7, 11) is -7.92. The third-order valence-electron chi connectivity index (χ3n) is 3.65. The van der Waals surface area contributed by atoms with Gasteiger partial charge in [0.1, 0.15) is 0 Å². The van der Waals surface area contributed by atoms with Crippen molar-refractivity contribution in [2.45, 2.75) is 76.3 Å². The van der Waals surface area contributed by atoms with Gasteiger partial charge in [-0.2, -0.15) is 0 Å². The van der Waals surface area contributed by atoms with Crippen LogP contribution in [0.5, 0.6) is 0 Å². The Morgan fingerprint density at radius 2 is 0.957 bits per heavy atom. The highest BCUT2D eigenvalue weighted by Crippen LogP contribution is 2.19. The van der Waals surface area contributed by atoms with Gasteiger partial charge in [0, 0.05) is 12.1 Å². The predicted molar refractivity (Wildman–Crippen MR) is 97.6 cm³/mol. The van der Waals surface area contributed by atoms with Gasteiger partial charge in [0.05, 0.1) is 0 Å². The molecule has 0 saturated carbocycles. The molecule has 0 spiro atoms. The quantitative estimate of drug-likeness (QED) is 0.192. The van der Waals surface area contributed by atoms with Crippen LogP contribution in [0.2, 0.25) is 12.1 Å². The minimum absolute atomic E-state index is 0.121. The molecular formula is C16H34O5Si2. The maximum Gasteiger partial charge on any atom is 0.488 e. The van der Waals surface area contributed by atoms with Crippen LogP contribution in [0.4, 0.5) is 0 Å². The third kappa shape index (κ3) is 15.0. The van der Waals surface area contributed by atoms with Crippen LogP contribution in [-0.4, -0.2) is 36.8 Å². The molecule has 0 aliphatic rings. The van der Waals surface area contributed by atoms with Gasteiger partial charge in [-0.3, -0.25) is 0 Å². The summed E-state index contributed by atoms with van der Waals surface area (Å²) in [6.45, 7) is 7.31. The number of hydrogen-bond acceptors (Lipinski definition) is 5. The molecule has 0 unspecified atom stereocenters. The molecular weight excluding hydrogens is 328 g/mol. The normalized spacial score (nSPS) is 12.3. The molecule has 136 valence electrons.